The van der Waals surface area contributed by atoms with Gasteiger partial charge in [-0.3, -0.25) is 4.79 Å². The summed E-state index contributed by atoms with van der Waals surface area (Å²) in [6.45, 7) is 0.0830. The zero-order valence-corrected chi connectivity index (χ0v) is 15.5. The molecule has 29 heavy (non-hydrogen) atoms. The van der Waals surface area contributed by atoms with Crippen molar-refractivity contribution in [1.82, 2.24) is 5.32 Å². The van der Waals surface area contributed by atoms with Crippen LogP contribution in [0.4, 0.5) is 4.39 Å². The van der Waals surface area contributed by atoms with Crippen molar-refractivity contribution in [1.29, 1.82) is 0 Å². The van der Waals surface area contributed by atoms with Gasteiger partial charge >= 0.3 is 5.97 Å². The Balaban J connectivity index is 1.55. The number of halogens is 1. The quantitative estimate of drug-likeness (QED) is 0.442. The van der Waals surface area contributed by atoms with Crippen molar-refractivity contribution < 1.29 is 27.9 Å². The number of hydrogen-bond donors (Lipinski definition) is 1. The predicted molar refractivity (Wildman–Crippen MR) is 103 cm³/mol. The zero-order chi connectivity index (χ0) is 20.5. The van der Waals surface area contributed by atoms with Crippen LogP contribution in [0.25, 0.3) is 0 Å². The minimum absolute atomic E-state index is 0.0158. The molecule has 0 aliphatic rings. The number of carbonyl (C=O) groups excluding carboxylic acids is 2. The van der Waals surface area contributed by atoms with Gasteiger partial charge in [-0.2, -0.15) is 0 Å². The van der Waals surface area contributed by atoms with Gasteiger partial charge in [0.2, 0.25) is 0 Å². The monoisotopic (exact) mass is 397 g/mol. The van der Waals surface area contributed by atoms with Crippen LogP contribution < -0.4 is 10.1 Å². The van der Waals surface area contributed by atoms with E-state index < -0.39 is 17.9 Å². The Morgan fingerprint density at radius 2 is 1.72 bits per heavy atom. The number of carbonyl (C=O) groups is 2. The Hall–Kier alpha value is -3.61. The van der Waals surface area contributed by atoms with Gasteiger partial charge in [0.25, 0.3) is 5.91 Å². The van der Waals surface area contributed by atoms with Gasteiger partial charge in [-0.05, 0) is 42.0 Å². The number of nitrogens with one attached hydrogen (secondary N) is 1. The maximum absolute atomic E-state index is 12.9. The molecule has 0 radical (unpaired) electrons. The van der Waals surface area contributed by atoms with E-state index in [2.05, 4.69) is 5.32 Å². The molecule has 1 aromatic heterocycles. The second kappa shape index (κ2) is 10.1. The van der Waals surface area contributed by atoms with Crippen LogP contribution in [0, 0.1) is 5.82 Å². The van der Waals surface area contributed by atoms with Gasteiger partial charge in [0.15, 0.2) is 5.76 Å². The van der Waals surface area contributed by atoms with Gasteiger partial charge in [-0.25, -0.2) is 9.18 Å². The molecule has 150 valence electrons. The maximum Gasteiger partial charge on any atom is 0.329 e. The third-order valence-electron chi connectivity index (χ3n) is 4.03. The molecule has 1 amide bonds. The highest BCUT2D eigenvalue weighted by Gasteiger charge is 2.24. The van der Waals surface area contributed by atoms with Gasteiger partial charge in [-0.1, -0.05) is 30.3 Å². The van der Waals surface area contributed by atoms with Crippen molar-refractivity contribution >= 4 is 11.9 Å². The first-order valence-corrected chi connectivity index (χ1v) is 9.05. The van der Waals surface area contributed by atoms with Gasteiger partial charge < -0.3 is 19.2 Å². The summed E-state index contributed by atoms with van der Waals surface area (Å²) in [4.78, 5) is 24.8. The molecule has 0 spiro atoms. The Kier molecular flexibility index (Phi) is 7.00. The first-order chi connectivity index (χ1) is 14.1. The van der Waals surface area contributed by atoms with Crippen LogP contribution in [0.5, 0.6) is 5.75 Å². The highest BCUT2D eigenvalue weighted by molar-refractivity contribution is 5.94. The molecule has 0 fully saturated rings. The molecule has 2 aromatic carbocycles. The van der Waals surface area contributed by atoms with E-state index in [-0.39, 0.29) is 31.2 Å². The van der Waals surface area contributed by atoms with Crippen LogP contribution in [-0.4, -0.2) is 31.1 Å². The largest absolute Gasteiger partial charge is 0.490 e. The van der Waals surface area contributed by atoms with Gasteiger partial charge in [0, 0.05) is 6.42 Å². The molecular weight excluding hydrogens is 377 g/mol. The van der Waals surface area contributed by atoms with Gasteiger partial charge in [0.1, 0.15) is 30.8 Å². The number of benzene rings is 2. The minimum atomic E-state index is -0.888. The average Bonchev–Trinajstić information content (AvgIpc) is 3.28. The summed E-state index contributed by atoms with van der Waals surface area (Å²) in [7, 11) is 0. The molecular formula is C22H20FNO5. The van der Waals surface area contributed by atoms with Crippen molar-refractivity contribution in [2.45, 2.75) is 12.5 Å². The van der Waals surface area contributed by atoms with Crippen molar-refractivity contribution in [3.8, 4) is 5.75 Å². The van der Waals surface area contributed by atoms with Crippen molar-refractivity contribution in [2.75, 3.05) is 13.2 Å². The molecule has 1 heterocycles. The second-order valence-electron chi connectivity index (χ2n) is 6.16. The standard InChI is InChI=1S/C22H20FNO5/c23-17-8-10-18(11-9-17)27-13-14-29-22(26)19(15-16-5-2-1-3-6-16)24-21(25)20-7-4-12-28-20/h1-12,19H,13-15H2,(H,24,25)/t19-/m0/s1. The number of hydrogen-bond acceptors (Lipinski definition) is 5. The van der Waals surface area contributed by atoms with E-state index in [0.29, 0.717) is 5.75 Å². The number of ether oxygens (including phenoxy) is 2. The molecule has 0 saturated carbocycles. The van der Waals surface area contributed by atoms with Crippen LogP contribution >= 0.6 is 0 Å². The topological polar surface area (TPSA) is 77.8 Å². The van der Waals surface area contributed by atoms with Crippen LogP contribution in [0.15, 0.2) is 77.4 Å². The van der Waals surface area contributed by atoms with Crippen LogP contribution in [0.2, 0.25) is 0 Å². The summed E-state index contributed by atoms with van der Waals surface area (Å²) in [6.07, 6.45) is 1.65. The van der Waals surface area contributed by atoms with Crippen LogP contribution in [0.3, 0.4) is 0 Å². The fourth-order valence-electron chi connectivity index (χ4n) is 2.61. The highest BCUT2D eigenvalue weighted by Crippen LogP contribution is 2.11. The summed E-state index contributed by atoms with van der Waals surface area (Å²) < 4.78 is 28.6. The highest BCUT2D eigenvalue weighted by atomic mass is 19.1. The van der Waals surface area contributed by atoms with E-state index in [0.717, 1.165) is 5.56 Å². The number of furan rings is 1. The molecule has 0 bridgehead atoms. The van der Waals surface area contributed by atoms with Crippen molar-refractivity contribution in [3.05, 3.63) is 90.1 Å². The van der Waals surface area contributed by atoms with Gasteiger partial charge in [0.05, 0.1) is 6.26 Å². The Morgan fingerprint density at radius 1 is 0.966 bits per heavy atom. The third-order valence-corrected chi connectivity index (χ3v) is 4.03. The van der Waals surface area contributed by atoms with Gasteiger partial charge in [-0.15, -0.1) is 0 Å². The first-order valence-electron chi connectivity index (χ1n) is 9.05. The molecule has 1 N–H and O–H groups in total. The molecule has 0 aliphatic heterocycles. The lowest BCUT2D eigenvalue weighted by Crippen LogP contribution is -2.43. The SMILES string of the molecule is O=C(N[C@@H](Cc1ccccc1)C(=O)OCCOc1ccc(F)cc1)c1ccco1. The predicted octanol–water partition coefficient (Wildman–Crippen LogP) is 3.38. The third kappa shape index (κ3) is 6.21. The fraction of sp³-hybridized carbons (Fsp3) is 0.182. The zero-order valence-electron chi connectivity index (χ0n) is 15.5. The first kappa shape index (κ1) is 20.1. The molecule has 1 atom stereocenters. The van der Waals surface area contributed by atoms with Crippen LogP contribution in [-0.2, 0) is 16.0 Å². The van der Waals surface area contributed by atoms with E-state index in [9.17, 15) is 14.0 Å². The molecule has 0 unspecified atom stereocenters. The van der Waals surface area contributed by atoms with E-state index >= 15 is 0 Å². The molecule has 0 saturated heterocycles. The summed E-state index contributed by atoms with van der Waals surface area (Å²) in [6, 6.07) is 17.0. The van der Waals surface area contributed by atoms with E-state index in [4.69, 9.17) is 13.9 Å². The van der Waals surface area contributed by atoms with E-state index in [1.54, 1.807) is 6.07 Å². The number of rotatable bonds is 9. The van der Waals surface area contributed by atoms with E-state index in [1.807, 2.05) is 30.3 Å². The lowest BCUT2D eigenvalue weighted by molar-refractivity contribution is -0.146. The Morgan fingerprint density at radius 3 is 2.41 bits per heavy atom. The fourth-order valence-corrected chi connectivity index (χ4v) is 2.61. The Bertz CT molecular complexity index is 910. The lowest BCUT2D eigenvalue weighted by atomic mass is 10.1. The summed E-state index contributed by atoms with van der Waals surface area (Å²) in [5.74, 6) is -0.878. The minimum Gasteiger partial charge on any atom is -0.490 e. The lowest BCUT2D eigenvalue weighted by Gasteiger charge is -2.17. The van der Waals surface area contributed by atoms with Crippen molar-refractivity contribution in [3.63, 3.8) is 0 Å². The molecule has 7 heteroatoms. The summed E-state index contributed by atoms with van der Waals surface area (Å²) in [5.41, 5.74) is 0.872. The van der Waals surface area contributed by atoms with Crippen LogP contribution in [0.1, 0.15) is 16.1 Å². The molecule has 6 nitrogen and oxygen atoms in total. The number of esters is 1. The summed E-state index contributed by atoms with van der Waals surface area (Å²) >= 11 is 0. The smallest absolute Gasteiger partial charge is 0.329 e. The normalized spacial score (nSPS) is 11.5. The van der Waals surface area contributed by atoms with Crippen molar-refractivity contribution in [2.24, 2.45) is 0 Å². The van der Waals surface area contributed by atoms with E-state index in [1.165, 1.54) is 36.6 Å². The summed E-state index contributed by atoms with van der Waals surface area (Å²) in [5, 5.41) is 2.64. The maximum atomic E-state index is 12.9. The average molecular weight is 397 g/mol. The second-order valence-corrected chi connectivity index (χ2v) is 6.16. The molecule has 3 aromatic rings. The molecule has 0 aliphatic carbocycles. The Labute approximate surface area is 167 Å². The molecule has 3 rings (SSSR count). The number of amides is 1.